The summed E-state index contributed by atoms with van der Waals surface area (Å²) in [7, 11) is 0. The maximum atomic E-state index is 13.0. The number of nitrogens with zero attached hydrogens (tertiary/aromatic N) is 2. The van der Waals surface area contributed by atoms with E-state index in [1.165, 1.54) is 35.0 Å². The third-order valence-corrected chi connectivity index (χ3v) is 3.39. The molecule has 22 heavy (non-hydrogen) atoms. The first-order valence-electron chi connectivity index (χ1n) is 6.77. The maximum Gasteiger partial charge on any atom is 0.272 e. The Morgan fingerprint density at radius 1 is 1.09 bits per heavy atom. The van der Waals surface area contributed by atoms with E-state index in [2.05, 4.69) is 5.10 Å². The van der Waals surface area contributed by atoms with Gasteiger partial charge in [0.25, 0.3) is 5.56 Å². The standard InChI is InChI=1S/C17H14FN3O/c1-11-16(12-3-2-4-14(19)9-12)10-17(22)21(20-11)15-7-5-13(18)6-8-15/h2-10H,19H2,1H3. The summed E-state index contributed by atoms with van der Waals surface area (Å²) < 4.78 is 14.2. The maximum absolute atomic E-state index is 13.0. The van der Waals surface area contributed by atoms with Crippen LogP contribution in [0.2, 0.25) is 0 Å². The summed E-state index contributed by atoms with van der Waals surface area (Å²) in [4.78, 5) is 12.3. The van der Waals surface area contributed by atoms with Gasteiger partial charge in [0, 0.05) is 17.3 Å². The normalized spacial score (nSPS) is 10.6. The van der Waals surface area contributed by atoms with Gasteiger partial charge in [-0.25, -0.2) is 4.39 Å². The molecule has 0 aliphatic heterocycles. The highest BCUT2D eigenvalue weighted by molar-refractivity contribution is 5.68. The molecule has 0 spiro atoms. The smallest absolute Gasteiger partial charge is 0.272 e. The molecule has 5 heteroatoms. The van der Waals surface area contributed by atoms with Crippen LogP contribution >= 0.6 is 0 Å². The van der Waals surface area contributed by atoms with Crippen LogP contribution in [0.25, 0.3) is 16.8 Å². The molecule has 0 unspecified atom stereocenters. The van der Waals surface area contributed by atoms with Gasteiger partial charge in [-0.3, -0.25) is 4.79 Å². The van der Waals surface area contributed by atoms with Crippen LogP contribution in [0, 0.1) is 12.7 Å². The largest absolute Gasteiger partial charge is 0.399 e. The highest BCUT2D eigenvalue weighted by atomic mass is 19.1. The third-order valence-electron chi connectivity index (χ3n) is 3.39. The van der Waals surface area contributed by atoms with E-state index in [1.54, 1.807) is 12.1 Å². The SMILES string of the molecule is Cc1nn(-c2ccc(F)cc2)c(=O)cc1-c1cccc(N)c1. The lowest BCUT2D eigenvalue weighted by Gasteiger charge is -2.10. The number of aromatic nitrogens is 2. The first-order chi connectivity index (χ1) is 10.5. The molecule has 110 valence electrons. The first kappa shape index (κ1) is 14.0. The van der Waals surface area contributed by atoms with E-state index in [-0.39, 0.29) is 11.4 Å². The van der Waals surface area contributed by atoms with Gasteiger partial charge >= 0.3 is 0 Å². The van der Waals surface area contributed by atoms with Crippen molar-refractivity contribution in [2.45, 2.75) is 6.92 Å². The Hall–Kier alpha value is -2.95. The molecule has 0 amide bonds. The quantitative estimate of drug-likeness (QED) is 0.739. The molecule has 0 atom stereocenters. The number of nitrogens with two attached hydrogens (primary N) is 1. The zero-order valence-electron chi connectivity index (χ0n) is 12.0. The number of anilines is 1. The van der Waals surface area contributed by atoms with Crippen molar-refractivity contribution in [1.82, 2.24) is 9.78 Å². The lowest BCUT2D eigenvalue weighted by atomic mass is 10.0. The second-order valence-corrected chi connectivity index (χ2v) is 5.00. The number of aryl methyl sites for hydroxylation is 1. The number of rotatable bonds is 2. The van der Waals surface area contributed by atoms with Crippen LogP contribution in [0.15, 0.2) is 59.4 Å². The molecule has 1 heterocycles. The molecule has 0 saturated heterocycles. The van der Waals surface area contributed by atoms with E-state index in [4.69, 9.17) is 5.73 Å². The zero-order valence-corrected chi connectivity index (χ0v) is 12.0. The number of hydrogen-bond acceptors (Lipinski definition) is 3. The fourth-order valence-corrected chi connectivity index (χ4v) is 2.31. The Morgan fingerprint density at radius 3 is 2.50 bits per heavy atom. The molecule has 0 radical (unpaired) electrons. The summed E-state index contributed by atoms with van der Waals surface area (Å²) in [6, 6.07) is 14.4. The lowest BCUT2D eigenvalue weighted by Crippen LogP contribution is -2.21. The Labute approximate surface area is 126 Å². The summed E-state index contributed by atoms with van der Waals surface area (Å²) in [6.07, 6.45) is 0. The second kappa shape index (κ2) is 5.44. The Morgan fingerprint density at radius 2 is 1.82 bits per heavy atom. The van der Waals surface area contributed by atoms with Gasteiger partial charge in [0.2, 0.25) is 0 Å². The van der Waals surface area contributed by atoms with Crippen LogP contribution in [0.5, 0.6) is 0 Å². The van der Waals surface area contributed by atoms with Crippen LogP contribution in [0.3, 0.4) is 0 Å². The fourth-order valence-electron chi connectivity index (χ4n) is 2.31. The molecule has 0 fully saturated rings. The molecule has 0 bridgehead atoms. The second-order valence-electron chi connectivity index (χ2n) is 5.00. The average molecular weight is 295 g/mol. The minimum Gasteiger partial charge on any atom is -0.399 e. The molecule has 4 nitrogen and oxygen atoms in total. The van der Waals surface area contributed by atoms with E-state index in [0.717, 1.165) is 11.1 Å². The number of hydrogen-bond donors (Lipinski definition) is 1. The van der Waals surface area contributed by atoms with Crippen molar-refractivity contribution < 1.29 is 4.39 Å². The van der Waals surface area contributed by atoms with Gasteiger partial charge in [-0.2, -0.15) is 9.78 Å². The van der Waals surface area contributed by atoms with Crippen molar-refractivity contribution >= 4 is 5.69 Å². The molecule has 2 N–H and O–H groups in total. The van der Waals surface area contributed by atoms with Crippen molar-refractivity contribution in [2.75, 3.05) is 5.73 Å². The number of benzene rings is 2. The predicted octanol–water partition coefficient (Wildman–Crippen LogP) is 2.93. The number of halogens is 1. The van der Waals surface area contributed by atoms with E-state index >= 15 is 0 Å². The van der Waals surface area contributed by atoms with Crippen molar-refractivity contribution in [3.8, 4) is 16.8 Å². The van der Waals surface area contributed by atoms with Gasteiger partial charge < -0.3 is 5.73 Å². The number of nitrogen functional groups attached to an aromatic ring is 1. The van der Waals surface area contributed by atoms with Gasteiger partial charge in [0.15, 0.2) is 0 Å². The van der Waals surface area contributed by atoms with Crippen LogP contribution in [0.4, 0.5) is 10.1 Å². The third kappa shape index (κ3) is 2.61. The monoisotopic (exact) mass is 295 g/mol. The molecule has 3 aromatic rings. The summed E-state index contributed by atoms with van der Waals surface area (Å²) in [5.41, 5.74) is 8.91. The molecular formula is C17H14FN3O. The minimum atomic E-state index is -0.357. The Kier molecular flexibility index (Phi) is 3.47. The van der Waals surface area contributed by atoms with Crippen molar-refractivity contribution in [1.29, 1.82) is 0 Å². The summed E-state index contributed by atoms with van der Waals surface area (Å²) >= 11 is 0. The molecule has 0 aliphatic rings. The van der Waals surface area contributed by atoms with Crippen molar-refractivity contribution in [3.05, 3.63) is 76.5 Å². The topological polar surface area (TPSA) is 60.9 Å². The highest BCUT2D eigenvalue weighted by Gasteiger charge is 2.09. The van der Waals surface area contributed by atoms with E-state index in [9.17, 15) is 9.18 Å². The minimum absolute atomic E-state index is 0.283. The Balaban J connectivity index is 2.13. The van der Waals surface area contributed by atoms with Crippen LogP contribution in [-0.4, -0.2) is 9.78 Å². The first-order valence-corrected chi connectivity index (χ1v) is 6.77. The Bertz CT molecular complexity index is 885. The van der Waals surface area contributed by atoms with Gasteiger partial charge in [0.1, 0.15) is 5.82 Å². The van der Waals surface area contributed by atoms with Gasteiger partial charge in [-0.15, -0.1) is 0 Å². The van der Waals surface area contributed by atoms with E-state index in [0.29, 0.717) is 17.1 Å². The predicted molar refractivity (Wildman–Crippen MR) is 84.4 cm³/mol. The summed E-state index contributed by atoms with van der Waals surface area (Å²) in [5.74, 6) is -0.357. The molecule has 3 rings (SSSR count). The molecular weight excluding hydrogens is 281 g/mol. The van der Waals surface area contributed by atoms with Gasteiger partial charge in [-0.1, -0.05) is 12.1 Å². The van der Waals surface area contributed by atoms with Crippen molar-refractivity contribution in [3.63, 3.8) is 0 Å². The van der Waals surface area contributed by atoms with Crippen LogP contribution in [-0.2, 0) is 0 Å². The highest BCUT2D eigenvalue weighted by Crippen LogP contribution is 2.22. The van der Waals surface area contributed by atoms with Gasteiger partial charge in [0.05, 0.1) is 11.4 Å². The molecule has 0 saturated carbocycles. The molecule has 0 aliphatic carbocycles. The van der Waals surface area contributed by atoms with E-state index in [1.807, 2.05) is 19.1 Å². The average Bonchev–Trinajstić information content (AvgIpc) is 2.50. The molecule has 2 aromatic carbocycles. The van der Waals surface area contributed by atoms with E-state index < -0.39 is 0 Å². The fraction of sp³-hybridized carbons (Fsp3) is 0.0588. The lowest BCUT2D eigenvalue weighted by molar-refractivity contribution is 0.626. The van der Waals surface area contributed by atoms with Crippen molar-refractivity contribution in [2.24, 2.45) is 0 Å². The summed E-state index contributed by atoms with van der Waals surface area (Å²) in [6.45, 7) is 1.82. The van der Waals surface area contributed by atoms with Crippen LogP contribution in [0.1, 0.15) is 5.69 Å². The van der Waals surface area contributed by atoms with Crippen LogP contribution < -0.4 is 11.3 Å². The van der Waals surface area contributed by atoms with Gasteiger partial charge in [-0.05, 0) is 48.9 Å². The molecule has 1 aromatic heterocycles. The zero-order chi connectivity index (χ0) is 15.7. The summed E-state index contributed by atoms with van der Waals surface area (Å²) in [5, 5.41) is 4.32.